The highest BCUT2D eigenvalue weighted by Crippen LogP contribution is 2.15. The van der Waals surface area contributed by atoms with Crippen LogP contribution in [0.5, 0.6) is 0 Å². The van der Waals surface area contributed by atoms with Crippen molar-refractivity contribution in [1.29, 1.82) is 0 Å². The molecule has 20 heavy (non-hydrogen) atoms. The molecule has 0 aliphatic carbocycles. The van der Waals surface area contributed by atoms with Crippen molar-refractivity contribution in [3.63, 3.8) is 0 Å². The van der Waals surface area contributed by atoms with Gasteiger partial charge in [-0.3, -0.25) is 4.79 Å². The van der Waals surface area contributed by atoms with E-state index in [1.165, 1.54) is 11.3 Å². The predicted octanol–water partition coefficient (Wildman–Crippen LogP) is 2.34. The molecule has 2 aromatic rings. The summed E-state index contributed by atoms with van der Waals surface area (Å²) in [4.78, 5) is 15.8. The molecule has 2 rings (SSSR count). The third kappa shape index (κ3) is 3.54. The number of aryl methyl sites for hydroxylation is 2. The smallest absolute Gasteiger partial charge is 0.226 e. The molecule has 106 valence electrons. The minimum Gasteiger partial charge on any atom is -0.375 e. The Labute approximate surface area is 120 Å². The number of nitrogen functional groups attached to an aromatic ring is 1. The van der Waals surface area contributed by atoms with Crippen LogP contribution >= 0.6 is 11.3 Å². The van der Waals surface area contributed by atoms with E-state index in [0.717, 1.165) is 5.56 Å². The molecule has 1 aromatic carbocycles. The minimum absolute atomic E-state index is 0.130. The molecule has 6 heteroatoms. The van der Waals surface area contributed by atoms with E-state index < -0.39 is 0 Å². The number of amides is 1. The number of carbonyl (C=O) groups excluding carboxylic acids is 1. The summed E-state index contributed by atoms with van der Waals surface area (Å²) in [5, 5.41) is 5.01. The lowest BCUT2D eigenvalue weighted by Gasteiger charge is -2.08. The van der Waals surface area contributed by atoms with Gasteiger partial charge in [-0.05, 0) is 30.5 Å². The van der Waals surface area contributed by atoms with Gasteiger partial charge in [-0.15, -0.1) is 11.3 Å². The number of thiazole rings is 1. The van der Waals surface area contributed by atoms with Gasteiger partial charge in [-0.1, -0.05) is 12.1 Å². The van der Waals surface area contributed by atoms with E-state index in [1.807, 2.05) is 0 Å². The highest BCUT2D eigenvalue weighted by molar-refractivity contribution is 7.13. The van der Waals surface area contributed by atoms with Gasteiger partial charge in [0, 0.05) is 11.9 Å². The van der Waals surface area contributed by atoms with Crippen LogP contribution in [0.25, 0.3) is 0 Å². The van der Waals surface area contributed by atoms with Crippen molar-refractivity contribution in [3.05, 3.63) is 45.7 Å². The van der Waals surface area contributed by atoms with Gasteiger partial charge in [0.15, 0.2) is 5.13 Å². The van der Waals surface area contributed by atoms with Crippen molar-refractivity contribution in [2.75, 3.05) is 5.73 Å². The summed E-state index contributed by atoms with van der Waals surface area (Å²) >= 11 is 1.31. The summed E-state index contributed by atoms with van der Waals surface area (Å²) in [5.74, 6) is -0.326. The van der Waals surface area contributed by atoms with Crippen LogP contribution in [-0.4, -0.2) is 10.9 Å². The maximum atomic E-state index is 13.5. The molecule has 0 aliphatic heterocycles. The predicted molar refractivity (Wildman–Crippen MR) is 78.0 cm³/mol. The van der Waals surface area contributed by atoms with E-state index in [4.69, 9.17) is 5.73 Å². The first-order chi connectivity index (χ1) is 9.45. The van der Waals surface area contributed by atoms with Crippen molar-refractivity contribution >= 4 is 22.4 Å². The number of anilines is 1. The molecule has 0 saturated carbocycles. The molecule has 0 aliphatic rings. The lowest BCUT2D eigenvalue weighted by Crippen LogP contribution is -2.24. The summed E-state index contributed by atoms with van der Waals surface area (Å²) in [6.07, 6.45) is 0.201. The number of nitrogens with two attached hydrogens (primary N) is 1. The number of aromatic nitrogens is 1. The third-order valence-electron chi connectivity index (χ3n) is 2.90. The number of halogens is 1. The van der Waals surface area contributed by atoms with Gasteiger partial charge in [-0.2, -0.15) is 0 Å². The van der Waals surface area contributed by atoms with Crippen LogP contribution in [0.1, 0.15) is 22.4 Å². The quantitative estimate of drug-likeness (QED) is 0.909. The Morgan fingerprint density at radius 3 is 2.60 bits per heavy atom. The standard InChI is InChI=1S/C14H16FN3OS/c1-8-3-10(4-9(2)13(8)15)6-17-12(19)5-11-7-20-14(16)18-11/h3-4,7H,5-6H2,1-2H3,(H2,16,18)(H,17,19). The maximum absolute atomic E-state index is 13.5. The first-order valence-electron chi connectivity index (χ1n) is 6.18. The molecule has 0 bridgehead atoms. The van der Waals surface area contributed by atoms with E-state index in [1.54, 1.807) is 31.4 Å². The van der Waals surface area contributed by atoms with Gasteiger partial charge in [0.1, 0.15) is 5.82 Å². The Bertz CT molecular complexity index is 616. The van der Waals surface area contributed by atoms with Crippen LogP contribution in [0.2, 0.25) is 0 Å². The van der Waals surface area contributed by atoms with Crippen molar-refractivity contribution in [2.24, 2.45) is 0 Å². The Balaban J connectivity index is 1.93. The van der Waals surface area contributed by atoms with E-state index in [2.05, 4.69) is 10.3 Å². The average molecular weight is 293 g/mol. The summed E-state index contributed by atoms with van der Waals surface area (Å²) in [5.41, 5.74) is 8.22. The van der Waals surface area contributed by atoms with E-state index in [0.29, 0.717) is 28.5 Å². The fraction of sp³-hybridized carbons (Fsp3) is 0.286. The molecule has 0 fully saturated rings. The van der Waals surface area contributed by atoms with Crippen LogP contribution in [0.4, 0.5) is 9.52 Å². The van der Waals surface area contributed by atoms with Crippen molar-refractivity contribution in [2.45, 2.75) is 26.8 Å². The largest absolute Gasteiger partial charge is 0.375 e. The van der Waals surface area contributed by atoms with Crippen molar-refractivity contribution in [3.8, 4) is 0 Å². The average Bonchev–Trinajstić information content (AvgIpc) is 2.78. The summed E-state index contributed by atoms with van der Waals surface area (Å²) in [6, 6.07) is 3.48. The zero-order valence-corrected chi connectivity index (χ0v) is 12.2. The minimum atomic E-state index is -0.196. The molecule has 1 aromatic heterocycles. The molecule has 0 atom stereocenters. The number of rotatable bonds is 4. The number of benzene rings is 1. The molecule has 0 unspecified atom stereocenters. The SMILES string of the molecule is Cc1cc(CNC(=O)Cc2csc(N)n2)cc(C)c1F. The lowest BCUT2D eigenvalue weighted by atomic mass is 10.1. The third-order valence-corrected chi connectivity index (χ3v) is 3.62. The van der Waals surface area contributed by atoms with Gasteiger partial charge in [0.2, 0.25) is 5.91 Å². The Morgan fingerprint density at radius 1 is 1.40 bits per heavy atom. The molecule has 0 radical (unpaired) electrons. The number of hydrogen-bond acceptors (Lipinski definition) is 4. The number of nitrogens with one attached hydrogen (secondary N) is 1. The Hall–Kier alpha value is -1.95. The number of nitrogens with zero attached hydrogens (tertiary/aromatic N) is 1. The van der Waals surface area contributed by atoms with Crippen LogP contribution < -0.4 is 11.1 Å². The van der Waals surface area contributed by atoms with Gasteiger partial charge in [0.25, 0.3) is 0 Å². The lowest BCUT2D eigenvalue weighted by molar-refractivity contribution is -0.120. The Morgan fingerprint density at radius 2 is 2.05 bits per heavy atom. The summed E-state index contributed by atoms with van der Waals surface area (Å²) < 4.78 is 13.5. The number of hydrogen-bond donors (Lipinski definition) is 2. The molecule has 0 spiro atoms. The van der Waals surface area contributed by atoms with Gasteiger partial charge in [-0.25, -0.2) is 9.37 Å². The highest BCUT2D eigenvalue weighted by Gasteiger charge is 2.08. The summed E-state index contributed by atoms with van der Waals surface area (Å²) in [6.45, 7) is 3.80. The number of carbonyl (C=O) groups is 1. The second-order valence-corrected chi connectivity index (χ2v) is 5.56. The first-order valence-corrected chi connectivity index (χ1v) is 7.06. The van der Waals surface area contributed by atoms with Crippen molar-refractivity contribution in [1.82, 2.24) is 10.3 Å². The first kappa shape index (κ1) is 14.5. The molecule has 0 saturated heterocycles. The summed E-state index contributed by atoms with van der Waals surface area (Å²) in [7, 11) is 0. The van der Waals surface area contributed by atoms with Crippen LogP contribution in [0.3, 0.4) is 0 Å². The maximum Gasteiger partial charge on any atom is 0.226 e. The van der Waals surface area contributed by atoms with Crippen LogP contribution in [0.15, 0.2) is 17.5 Å². The second-order valence-electron chi connectivity index (χ2n) is 4.67. The van der Waals surface area contributed by atoms with Gasteiger partial charge < -0.3 is 11.1 Å². The zero-order chi connectivity index (χ0) is 14.7. The van der Waals surface area contributed by atoms with Crippen LogP contribution in [-0.2, 0) is 17.8 Å². The molecule has 1 heterocycles. The molecule has 4 nitrogen and oxygen atoms in total. The molecule has 1 amide bonds. The fourth-order valence-corrected chi connectivity index (χ4v) is 2.53. The molecular formula is C14H16FN3OS. The van der Waals surface area contributed by atoms with Gasteiger partial charge in [0.05, 0.1) is 12.1 Å². The van der Waals surface area contributed by atoms with E-state index in [9.17, 15) is 9.18 Å². The zero-order valence-electron chi connectivity index (χ0n) is 11.4. The fourth-order valence-electron chi connectivity index (χ4n) is 1.97. The molecular weight excluding hydrogens is 277 g/mol. The second kappa shape index (κ2) is 6.00. The highest BCUT2D eigenvalue weighted by atomic mass is 32.1. The Kier molecular flexibility index (Phi) is 4.34. The van der Waals surface area contributed by atoms with E-state index in [-0.39, 0.29) is 18.1 Å². The van der Waals surface area contributed by atoms with Gasteiger partial charge >= 0.3 is 0 Å². The van der Waals surface area contributed by atoms with Crippen LogP contribution in [0, 0.1) is 19.7 Å². The molecule has 3 N–H and O–H groups in total. The van der Waals surface area contributed by atoms with E-state index >= 15 is 0 Å². The van der Waals surface area contributed by atoms with Crippen molar-refractivity contribution < 1.29 is 9.18 Å². The topological polar surface area (TPSA) is 68.0 Å². The monoisotopic (exact) mass is 293 g/mol. The normalized spacial score (nSPS) is 10.6.